The van der Waals surface area contributed by atoms with E-state index in [4.69, 9.17) is 9.97 Å². The Hall–Kier alpha value is -3.56. The number of anilines is 2. The monoisotopic (exact) mass is 457 g/mol. The van der Waals surface area contributed by atoms with E-state index in [0.717, 1.165) is 31.6 Å². The van der Waals surface area contributed by atoms with E-state index >= 15 is 0 Å². The molecule has 3 N–H and O–H groups in total. The lowest BCUT2D eigenvalue weighted by Crippen LogP contribution is -2.35. The van der Waals surface area contributed by atoms with Gasteiger partial charge in [0.15, 0.2) is 11.5 Å². The number of hydrogen-bond donors (Lipinski definition) is 3. The van der Waals surface area contributed by atoms with Gasteiger partial charge in [0.2, 0.25) is 5.95 Å². The van der Waals surface area contributed by atoms with Crippen molar-refractivity contribution < 1.29 is 5.11 Å². The third kappa shape index (κ3) is 3.39. The summed E-state index contributed by atoms with van der Waals surface area (Å²) < 4.78 is 3.33. The van der Waals surface area contributed by atoms with Crippen LogP contribution >= 0.6 is 0 Å². The summed E-state index contributed by atoms with van der Waals surface area (Å²) in [5.41, 5.74) is 3.57. The summed E-state index contributed by atoms with van der Waals surface area (Å²) in [6, 6.07) is 11.8. The summed E-state index contributed by atoms with van der Waals surface area (Å²) in [4.78, 5) is 27.0. The van der Waals surface area contributed by atoms with Gasteiger partial charge in [0, 0.05) is 25.0 Å². The van der Waals surface area contributed by atoms with Gasteiger partial charge in [0.05, 0.1) is 5.69 Å². The fraction of sp³-hybridized carbons (Fsp3) is 0.360. The van der Waals surface area contributed by atoms with Crippen molar-refractivity contribution >= 4 is 22.7 Å². The smallest absolute Gasteiger partial charge is 0.278 e. The molecule has 1 aromatic carbocycles. The number of aliphatic hydroxyl groups is 1. The topological polar surface area (TPSA) is 110 Å². The molecular formula is C25H27N7O2. The van der Waals surface area contributed by atoms with Crippen LogP contribution < -0.4 is 16.2 Å². The molecular weight excluding hydrogens is 430 g/mol. The van der Waals surface area contributed by atoms with Crippen LogP contribution in [0, 0.1) is 0 Å². The molecule has 174 valence electrons. The Morgan fingerprint density at radius 2 is 2.06 bits per heavy atom. The molecule has 34 heavy (non-hydrogen) atoms. The van der Waals surface area contributed by atoms with Gasteiger partial charge in [-0.2, -0.15) is 4.98 Å². The molecule has 0 unspecified atom stereocenters. The zero-order valence-corrected chi connectivity index (χ0v) is 19.1. The van der Waals surface area contributed by atoms with Gasteiger partial charge in [-0.15, -0.1) is 0 Å². The third-order valence-corrected chi connectivity index (χ3v) is 6.93. The number of fused-ring (bicyclic) bond motifs is 2. The minimum absolute atomic E-state index is 0.168. The molecule has 1 saturated carbocycles. The number of nitrogens with one attached hydrogen (secondary N) is 2. The van der Waals surface area contributed by atoms with Crippen LogP contribution in [0.25, 0.3) is 16.9 Å². The average Bonchev–Trinajstić information content (AvgIpc) is 3.13. The summed E-state index contributed by atoms with van der Waals surface area (Å²) in [6.07, 6.45) is 4.97. The van der Waals surface area contributed by atoms with Crippen LogP contribution in [0.4, 0.5) is 11.6 Å². The average molecular weight is 458 g/mol. The summed E-state index contributed by atoms with van der Waals surface area (Å²) in [7, 11) is 0. The molecule has 9 heteroatoms. The molecule has 1 aliphatic heterocycles. The molecule has 4 heterocycles. The number of hydrogen-bond acceptors (Lipinski definition) is 7. The molecule has 1 aliphatic carbocycles. The first kappa shape index (κ1) is 21.0. The Kier molecular flexibility index (Phi) is 4.96. The van der Waals surface area contributed by atoms with Crippen LogP contribution in [0.3, 0.4) is 0 Å². The highest BCUT2D eigenvalue weighted by molar-refractivity contribution is 5.77. The SMILES string of the molecule is CCn1c(=O)c2cnc(Nc3ccc4c(c3)CNCC4)nc2n1-c1cccc(C2(O)CCC2)n1. The van der Waals surface area contributed by atoms with Gasteiger partial charge < -0.3 is 15.7 Å². The Morgan fingerprint density at radius 3 is 2.85 bits per heavy atom. The van der Waals surface area contributed by atoms with Crippen LogP contribution in [0.15, 0.2) is 47.4 Å². The highest BCUT2D eigenvalue weighted by atomic mass is 16.3. The lowest BCUT2D eigenvalue weighted by atomic mass is 9.77. The van der Waals surface area contributed by atoms with Crippen molar-refractivity contribution in [3.8, 4) is 5.82 Å². The number of rotatable bonds is 5. The van der Waals surface area contributed by atoms with Crippen LogP contribution in [-0.4, -0.2) is 36.0 Å². The highest BCUT2D eigenvalue weighted by Gasteiger charge is 2.37. The predicted molar refractivity (Wildman–Crippen MR) is 129 cm³/mol. The van der Waals surface area contributed by atoms with E-state index in [-0.39, 0.29) is 5.56 Å². The predicted octanol–water partition coefficient (Wildman–Crippen LogP) is 2.76. The first-order chi connectivity index (χ1) is 16.6. The maximum absolute atomic E-state index is 13.1. The lowest BCUT2D eigenvalue weighted by molar-refractivity contribution is -0.0426. The first-order valence-corrected chi connectivity index (χ1v) is 11.8. The zero-order valence-electron chi connectivity index (χ0n) is 19.1. The van der Waals surface area contributed by atoms with E-state index in [1.54, 1.807) is 15.6 Å². The molecule has 0 spiro atoms. The van der Waals surface area contributed by atoms with E-state index in [1.807, 2.05) is 31.2 Å². The van der Waals surface area contributed by atoms with Crippen molar-refractivity contribution in [1.29, 1.82) is 0 Å². The molecule has 0 radical (unpaired) electrons. The highest BCUT2D eigenvalue weighted by Crippen LogP contribution is 2.40. The van der Waals surface area contributed by atoms with Crippen molar-refractivity contribution in [1.82, 2.24) is 29.6 Å². The van der Waals surface area contributed by atoms with E-state index in [9.17, 15) is 9.90 Å². The number of nitrogens with zero attached hydrogens (tertiary/aromatic N) is 5. The Bertz CT molecular complexity index is 1450. The van der Waals surface area contributed by atoms with Crippen molar-refractivity contribution in [2.24, 2.45) is 0 Å². The van der Waals surface area contributed by atoms with E-state index in [1.165, 1.54) is 11.1 Å². The fourth-order valence-corrected chi connectivity index (χ4v) is 4.86. The maximum Gasteiger partial charge on any atom is 0.278 e. The minimum Gasteiger partial charge on any atom is -0.384 e. The van der Waals surface area contributed by atoms with Crippen molar-refractivity contribution in [2.45, 2.75) is 51.3 Å². The first-order valence-electron chi connectivity index (χ1n) is 11.8. The van der Waals surface area contributed by atoms with E-state index in [0.29, 0.717) is 47.9 Å². The van der Waals surface area contributed by atoms with Gasteiger partial charge in [-0.3, -0.25) is 4.79 Å². The molecule has 9 nitrogen and oxygen atoms in total. The van der Waals surface area contributed by atoms with Crippen LogP contribution in [0.2, 0.25) is 0 Å². The lowest BCUT2D eigenvalue weighted by Gasteiger charge is -2.36. The summed E-state index contributed by atoms with van der Waals surface area (Å²) in [5.74, 6) is 0.961. The van der Waals surface area contributed by atoms with Crippen LogP contribution in [-0.2, 0) is 25.1 Å². The number of pyridine rings is 1. The van der Waals surface area contributed by atoms with Gasteiger partial charge in [0.25, 0.3) is 5.56 Å². The van der Waals surface area contributed by atoms with Crippen molar-refractivity contribution in [3.63, 3.8) is 0 Å². The second kappa shape index (κ2) is 8.03. The molecule has 0 saturated heterocycles. The Morgan fingerprint density at radius 1 is 1.18 bits per heavy atom. The standard InChI is InChI=1S/C25H27N7O2/c1-2-31-23(33)19-15-27-24(28-18-8-7-16-9-12-26-14-17(16)13-18)30-22(19)32(31)21-6-3-5-20(29-21)25(34)10-4-11-25/h3,5-8,13,15,26,34H,2,4,9-12,14H2,1H3,(H,27,28,30). The summed E-state index contributed by atoms with van der Waals surface area (Å²) >= 11 is 0. The number of aromatic nitrogens is 5. The van der Waals surface area contributed by atoms with Gasteiger partial charge in [0.1, 0.15) is 11.0 Å². The van der Waals surface area contributed by atoms with Crippen molar-refractivity contribution in [3.05, 3.63) is 69.8 Å². The minimum atomic E-state index is -0.890. The Labute approximate surface area is 196 Å². The van der Waals surface area contributed by atoms with E-state index in [2.05, 4.69) is 27.8 Å². The molecule has 0 amide bonds. The van der Waals surface area contributed by atoms with E-state index < -0.39 is 5.60 Å². The normalized spacial score (nSPS) is 16.8. The van der Waals surface area contributed by atoms with Gasteiger partial charge in [-0.05, 0) is 74.5 Å². The molecule has 3 aromatic heterocycles. The van der Waals surface area contributed by atoms with Gasteiger partial charge >= 0.3 is 0 Å². The zero-order chi connectivity index (χ0) is 23.3. The summed E-state index contributed by atoms with van der Waals surface area (Å²) in [5, 5.41) is 17.9. The van der Waals surface area contributed by atoms with Crippen LogP contribution in [0.1, 0.15) is 43.0 Å². The molecule has 0 bridgehead atoms. The second-order valence-corrected chi connectivity index (χ2v) is 9.07. The maximum atomic E-state index is 13.1. The Balaban J connectivity index is 1.43. The number of benzene rings is 1. The molecule has 0 atom stereocenters. The van der Waals surface area contributed by atoms with Gasteiger partial charge in [-0.1, -0.05) is 12.1 Å². The second-order valence-electron chi connectivity index (χ2n) is 9.07. The molecule has 6 rings (SSSR count). The van der Waals surface area contributed by atoms with Gasteiger partial charge in [-0.25, -0.2) is 19.3 Å². The fourth-order valence-electron chi connectivity index (χ4n) is 4.86. The molecule has 1 fully saturated rings. The quantitative estimate of drug-likeness (QED) is 0.423. The molecule has 4 aromatic rings. The largest absolute Gasteiger partial charge is 0.384 e. The van der Waals surface area contributed by atoms with Crippen LogP contribution in [0.5, 0.6) is 0 Å². The summed E-state index contributed by atoms with van der Waals surface area (Å²) in [6.45, 7) is 4.20. The van der Waals surface area contributed by atoms with Crippen molar-refractivity contribution in [2.75, 3.05) is 11.9 Å². The third-order valence-electron chi connectivity index (χ3n) is 6.93. The molecule has 2 aliphatic rings.